The molecule has 0 aliphatic carbocycles. The number of carbonyl (C=O) groups excluding carboxylic acids is 1. The van der Waals surface area contributed by atoms with Gasteiger partial charge in [-0.15, -0.1) is 6.42 Å². The van der Waals surface area contributed by atoms with Crippen molar-refractivity contribution in [2.45, 2.75) is 0 Å². The first-order valence-corrected chi connectivity index (χ1v) is 8.00. The number of hydrogen-bond donors (Lipinski definition) is 1. The molecule has 0 saturated heterocycles. The van der Waals surface area contributed by atoms with E-state index >= 15 is 0 Å². The Hall–Kier alpha value is -3.07. The Morgan fingerprint density at radius 1 is 1.15 bits per heavy atom. The number of benzene rings is 2. The van der Waals surface area contributed by atoms with Crippen LogP contribution < -0.4 is 4.74 Å². The number of aromatic nitrogens is 1. The highest BCUT2D eigenvalue weighted by molar-refractivity contribution is 5.89. The summed E-state index contributed by atoms with van der Waals surface area (Å²) in [6.45, 7) is 1.01. The zero-order valence-corrected chi connectivity index (χ0v) is 14.8. The molecule has 0 aliphatic rings. The number of ether oxygens (including phenoxy) is 2. The standard InChI is InChI=1S/C20H17NO3.CH4O/c1-3-16-13-21(17-6-4-15(14-22)5-7-17)20-12-18(8-9-19(16)20)24-11-10-23-2;1-2/h1,4-9,12-14H,10-11H2,2H3;2H,1H3. The van der Waals surface area contributed by atoms with Crippen molar-refractivity contribution < 1.29 is 19.4 Å². The molecular formula is C21H21NO4. The smallest absolute Gasteiger partial charge is 0.150 e. The highest BCUT2D eigenvalue weighted by Gasteiger charge is 2.10. The SMILES string of the molecule is C#Cc1cn(-c2ccc(C=O)cc2)c2cc(OCCOC)ccc12.CO. The van der Waals surface area contributed by atoms with Crippen molar-refractivity contribution in [3.63, 3.8) is 0 Å². The van der Waals surface area contributed by atoms with Crippen molar-refractivity contribution in [3.8, 4) is 23.8 Å². The number of methoxy groups -OCH3 is 1. The molecule has 5 heteroatoms. The fourth-order valence-electron chi connectivity index (χ4n) is 2.58. The van der Waals surface area contributed by atoms with Crippen molar-refractivity contribution in [3.05, 3.63) is 59.8 Å². The molecule has 26 heavy (non-hydrogen) atoms. The maximum Gasteiger partial charge on any atom is 0.150 e. The molecule has 0 atom stereocenters. The van der Waals surface area contributed by atoms with E-state index in [0.717, 1.165) is 41.3 Å². The zero-order valence-electron chi connectivity index (χ0n) is 14.8. The summed E-state index contributed by atoms with van der Waals surface area (Å²) in [6.07, 6.45) is 8.37. The highest BCUT2D eigenvalue weighted by atomic mass is 16.5. The fourth-order valence-corrected chi connectivity index (χ4v) is 2.58. The van der Waals surface area contributed by atoms with Crippen LogP contribution in [-0.2, 0) is 4.74 Å². The predicted octanol–water partition coefficient (Wildman–Crippen LogP) is 3.06. The quantitative estimate of drug-likeness (QED) is 0.421. The van der Waals surface area contributed by atoms with Gasteiger partial charge in [-0.2, -0.15) is 0 Å². The van der Waals surface area contributed by atoms with E-state index in [4.69, 9.17) is 21.0 Å². The molecule has 2 aromatic carbocycles. The van der Waals surface area contributed by atoms with E-state index in [1.807, 2.05) is 41.1 Å². The lowest BCUT2D eigenvalue weighted by molar-refractivity contribution is 0.112. The van der Waals surface area contributed by atoms with E-state index < -0.39 is 0 Å². The van der Waals surface area contributed by atoms with Crippen LogP contribution in [0.4, 0.5) is 0 Å². The van der Waals surface area contributed by atoms with Gasteiger partial charge in [-0.3, -0.25) is 4.79 Å². The second-order valence-electron chi connectivity index (χ2n) is 5.29. The topological polar surface area (TPSA) is 60.7 Å². The number of rotatable bonds is 6. The fraction of sp³-hybridized carbons (Fsp3) is 0.190. The van der Waals surface area contributed by atoms with Crippen LogP contribution in [0.3, 0.4) is 0 Å². The normalized spacial score (nSPS) is 9.92. The molecule has 1 heterocycles. The van der Waals surface area contributed by atoms with Crippen molar-refractivity contribution in [2.75, 3.05) is 27.4 Å². The summed E-state index contributed by atoms with van der Waals surface area (Å²) in [7, 11) is 2.64. The molecule has 5 nitrogen and oxygen atoms in total. The number of aliphatic hydroxyl groups excluding tert-OH is 1. The predicted molar refractivity (Wildman–Crippen MR) is 102 cm³/mol. The van der Waals surface area contributed by atoms with E-state index in [1.165, 1.54) is 0 Å². The van der Waals surface area contributed by atoms with E-state index in [9.17, 15) is 4.79 Å². The van der Waals surface area contributed by atoms with Gasteiger partial charge in [0.25, 0.3) is 0 Å². The van der Waals surface area contributed by atoms with Gasteiger partial charge in [0.15, 0.2) is 0 Å². The van der Waals surface area contributed by atoms with Crippen LogP contribution in [0.1, 0.15) is 15.9 Å². The third kappa shape index (κ3) is 4.12. The van der Waals surface area contributed by atoms with Crippen LogP contribution in [0.2, 0.25) is 0 Å². The average molecular weight is 351 g/mol. The molecule has 134 valence electrons. The minimum Gasteiger partial charge on any atom is -0.491 e. The van der Waals surface area contributed by atoms with E-state index in [2.05, 4.69) is 5.92 Å². The summed E-state index contributed by atoms with van der Waals surface area (Å²) < 4.78 is 12.7. The van der Waals surface area contributed by atoms with Crippen molar-refractivity contribution in [2.24, 2.45) is 0 Å². The Balaban J connectivity index is 0.00000117. The second-order valence-corrected chi connectivity index (χ2v) is 5.29. The zero-order chi connectivity index (χ0) is 18.9. The van der Waals surface area contributed by atoms with Gasteiger partial charge in [0, 0.05) is 43.1 Å². The van der Waals surface area contributed by atoms with Crippen molar-refractivity contribution >= 4 is 17.2 Å². The van der Waals surface area contributed by atoms with Crippen LogP contribution in [0.5, 0.6) is 5.75 Å². The van der Waals surface area contributed by atoms with Crippen LogP contribution in [0, 0.1) is 12.3 Å². The summed E-state index contributed by atoms with van der Waals surface area (Å²) in [5, 5.41) is 7.98. The summed E-state index contributed by atoms with van der Waals surface area (Å²) >= 11 is 0. The monoisotopic (exact) mass is 351 g/mol. The summed E-state index contributed by atoms with van der Waals surface area (Å²) in [6, 6.07) is 13.2. The van der Waals surface area contributed by atoms with E-state index in [0.29, 0.717) is 18.8 Å². The van der Waals surface area contributed by atoms with Gasteiger partial charge in [-0.1, -0.05) is 5.92 Å². The molecule has 0 saturated carbocycles. The number of terminal acetylenes is 1. The van der Waals surface area contributed by atoms with Crippen LogP contribution in [-0.4, -0.2) is 43.4 Å². The number of fused-ring (bicyclic) bond motifs is 1. The minimum atomic E-state index is 0.485. The first-order chi connectivity index (χ1) is 12.8. The first-order valence-electron chi connectivity index (χ1n) is 8.00. The van der Waals surface area contributed by atoms with Gasteiger partial charge >= 0.3 is 0 Å². The Kier molecular flexibility index (Phi) is 6.98. The highest BCUT2D eigenvalue weighted by Crippen LogP contribution is 2.28. The summed E-state index contributed by atoms with van der Waals surface area (Å²) in [4.78, 5) is 10.8. The number of carbonyl (C=O) groups is 1. The van der Waals surface area contributed by atoms with Gasteiger partial charge < -0.3 is 19.1 Å². The molecule has 0 fully saturated rings. The third-order valence-corrected chi connectivity index (χ3v) is 3.80. The Bertz CT molecular complexity index is 904. The van der Waals surface area contributed by atoms with Crippen molar-refractivity contribution in [1.82, 2.24) is 4.57 Å². The number of aliphatic hydroxyl groups is 1. The van der Waals surface area contributed by atoms with Crippen LogP contribution in [0.15, 0.2) is 48.7 Å². The molecular weight excluding hydrogens is 330 g/mol. The van der Waals surface area contributed by atoms with Crippen molar-refractivity contribution in [1.29, 1.82) is 0 Å². The molecule has 0 radical (unpaired) electrons. The number of aldehydes is 1. The third-order valence-electron chi connectivity index (χ3n) is 3.80. The average Bonchev–Trinajstić information content (AvgIpc) is 3.08. The molecule has 0 unspecified atom stereocenters. The molecule has 1 N–H and O–H groups in total. The van der Waals surface area contributed by atoms with Gasteiger partial charge in [0.1, 0.15) is 18.6 Å². The first kappa shape index (κ1) is 19.3. The van der Waals surface area contributed by atoms with Crippen LogP contribution in [0.25, 0.3) is 16.6 Å². The largest absolute Gasteiger partial charge is 0.491 e. The molecule has 0 amide bonds. The molecule has 1 aromatic heterocycles. The summed E-state index contributed by atoms with van der Waals surface area (Å²) in [5.74, 6) is 3.47. The molecule has 3 rings (SSSR count). The van der Waals surface area contributed by atoms with Gasteiger partial charge in [-0.25, -0.2) is 0 Å². The lowest BCUT2D eigenvalue weighted by atomic mass is 10.2. The van der Waals surface area contributed by atoms with Gasteiger partial charge in [-0.05, 0) is 36.4 Å². The Morgan fingerprint density at radius 3 is 2.50 bits per heavy atom. The maximum atomic E-state index is 10.8. The Labute approximate surface area is 152 Å². The number of hydrogen-bond acceptors (Lipinski definition) is 4. The Morgan fingerprint density at radius 2 is 1.88 bits per heavy atom. The molecule has 0 spiro atoms. The minimum absolute atomic E-state index is 0.485. The molecule has 0 bridgehead atoms. The number of nitrogens with zero attached hydrogens (tertiary/aromatic N) is 1. The van der Waals surface area contributed by atoms with Gasteiger partial charge in [0.2, 0.25) is 0 Å². The lowest BCUT2D eigenvalue weighted by Crippen LogP contribution is -2.04. The second kappa shape index (κ2) is 9.42. The van der Waals surface area contributed by atoms with Crippen LogP contribution >= 0.6 is 0 Å². The van der Waals surface area contributed by atoms with E-state index in [-0.39, 0.29) is 0 Å². The van der Waals surface area contributed by atoms with Gasteiger partial charge in [0.05, 0.1) is 17.7 Å². The van der Waals surface area contributed by atoms with E-state index in [1.54, 1.807) is 19.2 Å². The molecule has 3 aromatic rings. The summed E-state index contributed by atoms with van der Waals surface area (Å²) in [5.41, 5.74) is 3.33. The lowest BCUT2D eigenvalue weighted by Gasteiger charge is -2.08. The maximum absolute atomic E-state index is 10.8. The molecule has 0 aliphatic heterocycles.